The van der Waals surface area contributed by atoms with Crippen LogP contribution in [0.15, 0.2) is 0 Å². The van der Waals surface area contributed by atoms with Crippen LogP contribution in [0.1, 0.15) is 59.3 Å². The molecule has 0 aliphatic carbocycles. The van der Waals surface area contributed by atoms with E-state index in [9.17, 15) is 4.79 Å². The molecule has 0 aliphatic rings. The number of unbranched alkanes of at least 4 members (excludes halogenated alkanes) is 1. The van der Waals surface area contributed by atoms with Gasteiger partial charge < -0.3 is 5.11 Å². The minimum atomic E-state index is 0.0804. The van der Waals surface area contributed by atoms with E-state index in [2.05, 4.69) is 13.8 Å². The van der Waals surface area contributed by atoms with Crippen molar-refractivity contribution < 1.29 is 9.90 Å². The first-order chi connectivity index (χ1) is 7.15. The molecule has 2 atom stereocenters. The van der Waals surface area contributed by atoms with Gasteiger partial charge in [0.25, 0.3) is 0 Å². The van der Waals surface area contributed by atoms with E-state index in [-0.39, 0.29) is 18.3 Å². The Hall–Kier alpha value is -0.370. The smallest absolute Gasteiger partial charge is 0.133 e. The SMILES string of the molecule is CCCCC(CC)CC(CCO)C(C)=O. The lowest BCUT2D eigenvalue weighted by atomic mass is 9.85. The Labute approximate surface area is 94.1 Å². The van der Waals surface area contributed by atoms with Gasteiger partial charge >= 0.3 is 0 Å². The summed E-state index contributed by atoms with van der Waals surface area (Å²) in [7, 11) is 0. The number of hydrogen-bond donors (Lipinski definition) is 1. The first-order valence-corrected chi connectivity index (χ1v) is 6.26. The van der Waals surface area contributed by atoms with Crippen molar-refractivity contribution in [3.05, 3.63) is 0 Å². The van der Waals surface area contributed by atoms with Crippen molar-refractivity contribution in [2.24, 2.45) is 11.8 Å². The van der Waals surface area contributed by atoms with E-state index in [0.29, 0.717) is 12.3 Å². The number of aliphatic hydroxyl groups is 1. The zero-order valence-corrected chi connectivity index (χ0v) is 10.5. The fourth-order valence-electron chi connectivity index (χ4n) is 2.03. The lowest BCUT2D eigenvalue weighted by molar-refractivity contribution is -0.121. The number of Topliss-reactive ketones (excluding diaryl/α,β-unsaturated/α-hetero) is 1. The third-order valence-electron chi connectivity index (χ3n) is 3.21. The van der Waals surface area contributed by atoms with Crippen LogP contribution in [0.3, 0.4) is 0 Å². The van der Waals surface area contributed by atoms with Crippen molar-refractivity contribution in [2.45, 2.75) is 59.3 Å². The van der Waals surface area contributed by atoms with E-state index >= 15 is 0 Å². The zero-order chi connectivity index (χ0) is 11.7. The van der Waals surface area contributed by atoms with Gasteiger partial charge in [0.05, 0.1) is 0 Å². The Morgan fingerprint density at radius 1 is 1.27 bits per heavy atom. The molecule has 0 aromatic rings. The van der Waals surface area contributed by atoms with Crippen molar-refractivity contribution >= 4 is 5.78 Å². The van der Waals surface area contributed by atoms with Gasteiger partial charge in [-0.05, 0) is 25.7 Å². The maximum absolute atomic E-state index is 11.3. The standard InChI is InChI=1S/C13H26O2/c1-4-6-7-12(5-2)10-13(8-9-14)11(3)15/h12-14H,4-10H2,1-3H3. The minimum Gasteiger partial charge on any atom is -0.396 e. The number of carbonyl (C=O) groups excluding carboxylic acids is 1. The lowest BCUT2D eigenvalue weighted by Crippen LogP contribution is -2.17. The molecule has 0 fully saturated rings. The number of rotatable bonds is 9. The van der Waals surface area contributed by atoms with Crippen LogP contribution in [0.4, 0.5) is 0 Å². The van der Waals surface area contributed by atoms with E-state index in [0.717, 1.165) is 12.8 Å². The molecule has 2 nitrogen and oxygen atoms in total. The molecule has 0 saturated heterocycles. The highest BCUT2D eigenvalue weighted by atomic mass is 16.3. The number of carbonyl (C=O) groups is 1. The summed E-state index contributed by atoms with van der Waals surface area (Å²) in [5.41, 5.74) is 0. The Morgan fingerprint density at radius 3 is 2.33 bits per heavy atom. The minimum absolute atomic E-state index is 0.0804. The molecular formula is C13H26O2. The molecule has 0 aromatic heterocycles. The van der Waals surface area contributed by atoms with E-state index in [4.69, 9.17) is 5.11 Å². The average molecular weight is 214 g/mol. The van der Waals surface area contributed by atoms with Crippen LogP contribution in [0, 0.1) is 11.8 Å². The highest BCUT2D eigenvalue weighted by Gasteiger charge is 2.18. The molecule has 2 unspecified atom stereocenters. The highest BCUT2D eigenvalue weighted by Crippen LogP contribution is 2.23. The first-order valence-electron chi connectivity index (χ1n) is 6.26. The summed E-state index contributed by atoms with van der Waals surface area (Å²) in [4.78, 5) is 11.3. The van der Waals surface area contributed by atoms with E-state index in [1.165, 1.54) is 19.3 Å². The van der Waals surface area contributed by atoms with Gasteiger partial charge in [-0.3, -0.25) is 4.79 Å². The third-order valence-corrected chi connectivity index (χ3v) is 3.21. The average Bonchev–Trinajstić information content (AvgIpc) is 2.22. The highest BCUT2D eigenvalue weighted by molar-refractivity contribution is 5.78. The Balaban J connectivity index is 4.03. The molecule has 15 heavy (non-hydrogen) atoms. The molecule has 0 bridgehead atoms. The van der Waals surface area contributed by atoms with Gasteiger partial charge in [-0.2, -0.15) is 0 Å². The summed E-state index contributed by atoms with van der Waals surface area (Å²) in [5, 5.41) is 8.90. The van der Waals surface area contributed by atoms with Crippen molar-refractivity contribution in [3.63, 3.8) is 0 Å². The van der Waals surface area contributed by atoms with E-state index in [1.807, 2.05) is 0 Å². The molecule has 0 aliphatic heterocycles. The molecule has 0 rings (SSSR count). The zero-order valence-electron chi connectivity index (χ0n) is 10.5. The molecule has 2 heteroatoms. The van der Waals surface area contributed by atoms with Gasteiger partial charge in [0, 0.05) is 12.5 Å². The molecule has 0 radical (unpaired) electrons. The Morgan fingerprint density at radius 2 is 1.93 bits per heavy atom. The van der Waals surface area contributed by atoms with Crippen molar-refractivity contribution in [2.75, 3.05) is 6.61 Å². The fraction of sp³-hybridized carbons (Fsp3) is 0.923. The van der Waals surface area contributed by atoms with E-state index < -0.39 is 0 Å². The van der Waals surface area contributed by atoms with Crippen LogP contribution >= 0.6 is 0 Å². The van der Waals surface area contributed by atoms with Crippen LogP contribution in [-0.4, -0.2) is 17.5 Å². The maximum atomic E-state index is 11.3. The predicted molar refractivity (Wildman–Crippen MR) is 63.8 cm³/mol. The van der Waals surface area contributed by atoms with Gasteiger partial charge in [0.15, 0.2) is 0 Å². The number of hydrogen-bond acceptors (Lipinski definition) is 2. The van der Waals surface area contributed by atoms with Crippen LogP contribution in [0.25, 0.3) is 0 Å². The van der Waals surface area contributed by atoms with Crippen LogP contribution in [0.2, 0.25) is 0 Å². The van der Waals surface area contributed by atoms with Gasteiger partial charge in [0.1, 0.15) is 5.78 Å². The largest absolute Gasteiger partial charge is 0.396 e. The molecule has 1 N–H and O–H groups in total. The van der Waals surface area contributed by atoms with Crippen molar-refractivity contribution in [3.8, 4) is 0 Å². The summed E-state index contributed by atoms with van der Waals surface area (Å²) in [6, 6.07) is 0. The number of ketones is 1. The third kappa shape index (κ3) is 6.67. The van der Waals surface area contributed by atoms with E-state index in [1.54, 1.807) is 6.92 Å². The Kier molecular flexibility index (Phi) is 8.68. The monoisotopic (exact) mass is 214 g/mol. The maximum Gasteiger partial charge on any atom is 0.133 e. The molecule has 0 saturated carbocycles. The second kappa shape index (κ2) is 8.90. The fourth-order valence-corrected chi connectivity index (χ4v) is 2.03. The van der Waals surface area contributed by atoms with Gasteiger partial charge in [-0.25, -0.2) is 0 Å². The Bertz CT molecular complexity index is 166. The van der Waals surface area contributed by atoms with Gasteiger partial charge in [-0.1, -0.05) is 39.5 Å². The lowest BCUT2D eigenvalue weighted by Gasteiger charge is -2.20. The molecule has 0 aromatic carbocycles. The quantitative estimate of drug-likeness (QED) is 0.640. The second-order valence-electron chi connectivity index (χ2n) is 4.47. The first kappa shape index (κ1) is 14.6. The normalized spacial score (nSPS) is 14.9. The molecule has 0 heterocycles. The van der Waals surface area contributed by atoms with Crippen LogP contribution in [-0.2, 0) is 4.79 Å². The summed E-state index contributed by atoms with van der Waals surface area (Å²) >= 11 is 0. The second-order valence-corrected chi connectivity index (χ2v) is 4.47. The van der Waals surface area contributed by atoms with Crippen molar-refractivity contribution in [1.29, 1.82) is 0 Å². The van der Waals surface area contributed by atoms with Crippen LogP contribution in [0.5, 0.6) is 0 Å². The summed E-state index contributed by atoms with van der Waals surface area (Å²) in [6.45, 7) is 6.17. The summed E-state index contributed by atoms with van der Waals surface area (Å²) in [6.07, 6.45) is 6.45. The van der Waals surface area contributed by atoms with Gasteiger partial charge in [0.2, 0.25) is 0 Å². The topological polar surface area (TPSA) is 37.3 Å². The predicted octanol–water partition coefficient (Wildman–Crippen LogP) is 3.18. The molecule has 90 valence electrons. The van der Waals surface area contributed by atoms with Crippen molar-refractivity contribution in [1.82, 2.24) is 0 Å². The molecule has 0 spiro atoms. The molecular weight excluding hydrogens is 188 g/mol. The van der Waals surface area contributed by atoms with Gasteiger partial charge in [-0.15, -0.1) is 0 Å². The summed E-state index contributed by atoms with van der Waals surface area (Å²) in [5.74, 6) is 0.973. The number of aliphatic hydroxyl groups excluding tert-OH is 1. The summed E-state index contributed by atoms with van der Waals surface area (Å²) < 4.78 is 0. The molecule has 0 amide bonds. The van der Waals surface area contributed by atoms with Crippen LogP contribution < -0.4 is 0 Å².